The summed E-state index contributed by atoms with van der Waals surface area (Å²) in [4.78, 5) is 12.9. The summed E-state index contributed by atoms with van der Waals surface area (Å²) in [5.41, 5.74) is 6.09. The number of nitrogen functional groups attached to an aromatic ring is 1. The van der Waals surface area contributed by atoms with Gasteiger partial charge in [-0.25, -0.2) is 0 Å². The highest BCUT2D eigenvalue weighted by atomic mass is 32.1. The molecule has 0 fully saturated rings. The van der Waals surface area contributed by atoms with Crippen molar-refractivity contribution in [2.24, 2.45) is 0 Å². The second kappa shape index (κ2) is 1.63. The maximum absolute atomic E-state index is 10.4. The predicted molar refractivity (Wildman–Crippen MR) is 34.1 cm³/mol. The fraction of sp³-hybridized carbons (Fsp3) is 0.250. The third kappa shape index (κ3) is 0.742. The van der Waals surface area contributed by atoms with Crippen LogP contribution in [0, 0.1) is 6.92 Å². The van der Waals surface area contributed by atoms with E-state index in [-0.39, 0.29) is 4.87 Å². The van der Waals surface area contributed by atoms with Gasteiger partial charge in [0, 0.05) is 5.69 Å². The van der Waals surface area contributed by atoms with Gasteiger partial charge in [-0.1, -0.05) is 11.3 Å². The van der Waals surface area contributed by atoms with Crippen LogP contribution in [0.1, 0.15) is 5.69 Å². The number of hydrogen-bond acceptors (Lipinski definition) is 3. The molecule has 0 unspecified atom stereocenters. The molecule has 0 spiro atoms. The van der Waals surface area contributed by atoms with Crippen molar-refractivity contribution in [3.05, 3.63) is 15.4 Å². The van der Waals surface area contributed by atoms with Crippen LogP contribution < -0.4 is 10.6 Å². The van der Waals surface area contributed by atoms with Crippen molar-refractivity contribution in [2.45, 2.75) is 6.92 Å². The maximum atomic E-state index is 10.4. The van der Waals surface area contributed by atoms with Crippen LogP contribution in [0.2, 0.25) is 0 Å². The Bertz CT molecular complexity index is 214. The number of aromatic amines is 1. The molecule has 1 rings (SSSR count). The minimum absolute atomic E-state index is 0.0833. The molecule has 0 aromatic carbocycles. The Balaban J connectivity index is 3.35. The molecule has 0 saturated heterocycles. The SMILES string of the molecule is Cc1[nH]c(=O)sc1N. The Morgan fingerprint density at radius 1 is 1.75 bits per heavy atom. The molecule has 8 heavy (non-hydrogen) atoms. The average Bonchev–Trinajstić information content (AvgIpc) is 1.85. The second-order valence-electron chi connectivity index (χ2n) is 1.50. The van der Waals surface area contributed by atoms with E-state index in [2.05, 4.69) is 4.98 Å². The molecule has 44 valence electrons. The van der Waals surface area contributed by atoms with Crippen LogP contribution in [0.25, 0.3) is 0 Å². The lowest BCUT2D eigenvalue weighted by Gasteiger charge is -1.79. The van der Waals surface area contributed by atoms with Gasteiger partial charge in [-0.2, -0.15) is 0 Å². The fourth-order valence-electron chi connectivity index (χ4n) is 0.417. The molecule has 0 aliphatic rings. The van der Waals surface area contributed by atoms with Crippen LogP contribution in [0.15, 0.2) is 4.79 Å². The first-order valence-corrected chi connectivity index (χ1v) is 2.97. The van der Waals surface area contributed by atoms with Crippen LogP contribution >= 0.6 is 11.3 Å². The van der Waals surface area contributed by atoms with Gasteiger partial charge >= 0.3 is 4.87 Å². The van der Waals surface area contributed by atoms with Crippen molar-refractivity contribution < 1.29 is 0 Å². The largest absolute Gasteiger partial charge is 0.389 e. The Morgan fingerprint density at radius 2 is 2.38 bits per heavy atom. The van der Waals surface area contributed by atoms with Crippen molar-refractivity contribution in [3.8, 4) is 0 Å². The molecule has 0 radical (unpaired) electrons. The molecule has 3 nitrogen and oxygen atoms in total. The zero-order valence-corrected chi connectivity index (χ0v) is 5.21. The summed E-state index contributed by atoms with van der Waals surface area (Å²) < 4.78 is 0. The smallest absolute Gasteiger partial charge is 0.306 e. The summed E-state index contributed by atoms with van der Waals surface area (Å²) in [5.74, 6) is 0. The minimum Gasteiger partial charge on any atom is -0.389 e. The van der Waals surface area contributed by atoms with Gasteiger partial charge in [-0.3, -0.25) is 4.79 Å². The second-order valence-corrected chi connectivity index (χ2v) is 2.52. The molecule has 1 heterocycles. The molecular formula is C4H6N2OS. The Hall–Kier alpha value is -0.770. The Labute approximate surface area is 50.2 Å². The number of aromatic nitrogens is 1. The third-order valence-electron chi connectivity index (χ3n) is 0.862. The highest BCUT2D eigenvalue weighted by molar-refractivity contribution is 7.13. The van der Waals surface area contributed by atoms with Gasteiger partial charge in [0.15, 0.2) is 0 Å². The van der Waals surface area contributed by atoms with E-state index in [4.69, 9.17) is 5.73 Å². The van der Waals surface area contributed by atoms with E-state index < -0.39 is 0 Å². The number of H-pyrrole nitrogens is 1. The summed E-state index contributed by atoms with van der Waals surface area (Å²) in [7, 11) is 0. The molecule has 0 saturated carbocycles. The molecule has 1 aromatic heterocycles. The van der Waals surface area contributed by atoms with Crippen LogP contribution in [0.3, 0.4) is 0 Å². The van der Waals surface area contributed by atoms with E-state index in [1.807, 2.05) is 0 Å². The van der Waals surface area contributed by atoms with E-state index in [1.54, 1.807) is 6.92 Å². The van der Waals surface area contributed by atoms with Gasteiger partial charge in [0.05, 0.1) is 0 Å². The van der Waals surface area contributed by atoms with Crippen molar-refractivity contribution in [1.82, 2.24) is 4.98 Å². The van der Waals surface area contributed by atoms with Crippen molar-refractivity contribution in [3.63, 3.8) is 0 Å². The summed E-state index contributed by atoms with van der Waals surface area (Å²) in [6.07, 6.45) is 0. The van der Waals surface area contributed by atoms with Crippen molar-refractivity contribution in [2.75, 3.05) is 5.73 Å². The summed E-state index contributed by atoms with van der Waals surface area (Å²) in [6.45, 7) is 1.77. The van der Waals surface area contributed by atoms with E-state index in [0.717, 1.165) is 17.0 Å². The lowest BCUT2D eigenvalue weighted by molar-refractivity contribution is 1.22. The van der Waals surface area contributed by atoms with Crippen molar-refractivity contribution in [1.29, 1.82) is 0 Å². The quantitative estimate of drug-likeness (QED) is 0.531. The van der Waals surface area contributed by atoms with E-state index in [9.17, 15) is 4.79 Å². The topological polar surface area (TPSA) is 58.9 Å². The Kier molecular flexibility index (Phi) is 1.09. The van der Waals surface area contributed by atoms with Crippen LogP contribution in [0.4, 0.5) is 5.00 Å². The van der Waals surface area contributed by atoms with Crippen LogP contribution in [-0.4, -0.2) is 4.98 Å². The zero-order valence-electron chi connectivity index (χ0n) is 4.39. The van der Waals surface area contributed by atoms with Crippen molar-refractivity contribution >= 4 is 16.3 Å². The van der Waals surface area contributed by atoms with Crippen LogP contribution in [0.5, 0.6) is 0 Å². The van der Waals surface area contributed by atoms with Gasteiger partial charge in [-0.15, -0.1) is 0 Å². The third-order valence-corrected chi connectivity index (χ3v) is 1.68. The number of rotatable bonds is 0. The first-order chi connectivity index (χ1) is 3.70. The number of thiazole rings is 1. The fourth-order valence-corrected chi connectivity index (χ4v) is 1.02. The van der Waals surface area contributed by atoms with Gasteiger partial charge in [0.1, 0.15) is 5.00 Å². The monoisotopic (exact) mass is 130 g/mol. The molecule has 0 bridgehead atoms. The van der Waals surface area contributed by atoms with Gasteiger partial charge < -0.3 is 10.7 Å². The Morgan fingerprint density at radius 3 is 2.50 bits per heavy atom. The number of nitrogens with one attached hydrogen (secondary N) is 1. The molecule has 1 aromatic rings. The lowest BCUT2D eigenvalue weighted by atomic mass is 10.5. The molecule has 0 atom stereocenters. The molecule has 4 heteroatoms. The van der Waals surface area contributed by atoms with Gasteiger partial charge in [0.25, 0.3) is 0 Å². The predicted octanol–water partition coefficient (Wildman–Crippen LogP) is 0.327. The normalized spacial score (nSPS) is 9.62. The minimum atomic E-state index is -0.0833. The van der Waals surface area contributed by atoms with E-state index in [0.29, 0.717) is 5.00 Å². The van der Waals surface area contributed by atoms with Crippen LogP contribution in [-0.2, 0) is 0 Å². The zero-order chi connectivity index (χ0) is 6.15. The summed E-state index contributed by atoms with van der Waals surface area (Å²) in [6, 6.07) is 0. The molecule has 0 aliphatic carbocycles. The maximum Gasteiger partial charge on any atom is 0.306 e. The first kappa shape index (κ1) is 5.37. The van der Waals surface area contributed by atoms with E-state index >= 15 is 0 Å². The molecular weight excluding hydrogens is 124 g/mol. The lowest BCUT2D eigenvalue weighted by Crippen LogP contribution is -1.91. The molecule has 0 aliphatic heterocycles. The highest BCUT2D eigenvalue weighted by Crippen LogP contribution is 2.07. The number of anilines is 1. The van der Waals surface area contributed by atoms with Gasteiger partial charge in [-0.05, 0) is 6.92 Å². The standard InChI is InChI=1S/C4H6N2OS/c1-2-3(5)8-4(7)6-2/h5H2,1H3,(H,6,7). The molecule has 3 N–H and O–H groups in total. The summed E-state index contributed by atoms with van der Waals surface area (Å²) in [5, 5.41) is 0.579. The van der Waals surface area contributed by atoms with E-state index in [1.165, 1.54) is 0 Å². The van der Waals surface area contributed by atoms with Gasteiger partial charge in [0.2, 0.25) is 0 Å². The first-order valence-electron chi connectivity index (χ1n) is 2.15. The number of hydrogen-bond donors (Lipinski definition) is 2. The highest BCUT2D eigenvalue weighted by Gasteiger charge is 1.94. The molecule has 0 amide bonds. The average molecular weight is 130 g/mol. The number of aryl methyl sites for hydroxylation is 1. The summed E-state index contributed by atoms with van der Waals surface area (Å²) >= 11 is 1.04. The number of nitrogens with two attached hydrogens (primary N) is 1.